The molecular formula is C22H24BrN3O2. The molecule has 0 saturated carbocycles. The van der Waals surface area contributed by atoms with E-state index in [4.69, 9.17) is 4.74 Å². The number of rotatable bonds is 7. The Kier molecular flexibility index (Phi) is 6.62. The molecule has 1 heterocycles. The second kappa shape index (κ2) is 9.15. The number of ether oxygens (including phenoxy) is 1. The van der Waals surface area contributed by atoms with Gasteiger partial charge in [-0.3, -0.25) is 4.79 Å². The molecule has 0 radical (unpaired) electrons. The predicted molar refractivity (Wildman–Crippen MR) is 118 cm³/mol. The highest BCUT2D eigenvalue weighted by Gasteiger charge is 2.10. The molecule has 146 valence electrons. The van der Waals surface area contributed by atoms with Gasteiger partial charge in [-0.1, -0.05) is 29.3 Å². The van der Waals surface area contributed by atoms with E-state index in [1.54, 1.807) is 12.3 Å². The van der Waals surface area contributed by atoms with E-state index < -0.39 is 0 Å². The molecule has 0 amide bonds. The Morgan fingerprint density at radius 1 is 1.21 bits per heavy atom. The van der Waals surface area contributed by atoms with Gasteiger partial charge in [0.05, 0.1) is 23.2 Å². The Morgan fingerprint density at radius 3 is 2.64 bits per heavy atom. The van der Waals surface area contributed by atoms with Crippen LogP contribution in [-0.2, 0) is 6.42 Å². The molecule has 0 spiro atoms. The molecular weight excluding hydrogens is 418 g/mol. The van der Waals surface area contributed by atoms with Crippen LogP contribution >= 0.6 is 15.9 Å². The summed E-state index contributed by atoms with van der Waals surface area (Å²) in [6, 6.07) is 13.2. The quantitative estimate of drug-likeness (QED) is 0.475. The summed E-state index contributed by atoms with van der Waals surface area (Å²) < 4.78 is 7.92. The van der Waals surface area contributed by atoms with Gasteiger partial charge < -0.3 is 4.74 Å². The fourth-order valence-electron chi connectivity index (χ4n) is 2.84. The Labute approximate surface area is 173 Å². The second-order valence-electron chi connectivity index (χ2n) is 6.89. The Bertz CT molecular complexity index is 1040. The molecule has 0 atom stereocenters. The fraction of sp³-hybridized carbons (Fsp3) is 0.318. The second-order valence-corrected chi connectivity index (χ2v) is 7.81. The number of benzene rings is 2. The molecule has 0 fully saturated rings. The summed E-state index contributed by atoms with van der Waals surface area (Å²) in [6.45, 7) is 6.10. The summed E-state index contributed by atoms with van der Waals surface area (Å²) in [5.41, 5.74) is 1.42. The number of aryl methyl sites for hydroxylation is 1. The van der Waals surface area contributed by atoms with Crippen LogP contribution in [0.3, 0.4) is 0 Å². The summed E-state index contributed by atoms with van der Waals surface area (Å²) in [7, 11) is 0. The van der Waals surface area contributed by atoms with E-state index in [1.807, 2.05) is 50.2 Å². The van der Waals surface area contributed by atoms with Crippen molar-refractivity contribution >= 4 is 33.0 Å². The van der Waals surface area contributed by atoms with Crippen molar-refractivity contribution in [3.63, 3.8) is 0 Å². The van der Waals surface area contributed by atoms with Crippen molar-refractivity contribution in [1.82, 2.24) is 9.66 Å². The Morgan fingerprint density at radius 2 is 1.96 bits per heavy atom. The minimum atomic E-state index is -0.159. The minimum absolute atomic E-state index is 0.127. The Balaban J connectivity index is 1.99. The lowest BCUT2D eigenvalue weighted by Gasteiger charge is -2.10. The van der Waals surface area contributed by atoms with Gasteiger partial charge in [-0.2, -0.15) is 9.78 Å². The number of unbranched alkanes of at least 4 members (excludes halogenated alkanes) is 1. The molecule has 5 nitrogen and oxygen atoms in total. The van der Waals surface area contributed by atoms with Gasteiger partial charge in [-0.25, -0.2) is 4.98 Å². The average molecular weight is 442 g/mol. The van der Waals surface area contributed by atoms with Crippen molar-refractivity contribution in [2.24, 2.45) is 5.10 Å². The molecule has 3 aromatic rings. The van der Waals surface area contributed by atoms with Crippen molar-refractivity contribution in [3.8, 4) is 5.75 Å². The molecule has 0 aliphatic rings. The molecule has 0 N–H and O–H groups in total. The van der Waals surface area contributed by atoms with Gasteiger partial charge in [0.25, 0.3) is 5.56 Å². The molecule has 0 aliphatic carbocycles. The largest absolute Gasteiger partial charge is 0.491 e. The van der Waals surface area contributed by atoms with Crippen LogP contribution in [0, 0.1) is 0 Å². The standard InChI is InChI=1S/C22H24BrN3O2/c1-4-5-6-21-25-20-12-9-17(23)13-19(20)22(27)26(21)24-14-16-7-10-18(11-8-16)28-15(2)3/h7-15H,4-6H2,1-3H3. The number of fused-ring (bicyclic) bond motifs is 1. The number of halogens is 1. The fourth-order valence-corrected chi connectivity index (χ4v) is 3.20. The third-order valence-electron chi connectivity index (χ3n) is 4.20. The Hall–Kier alpha value is -2.47. The molecule has 1 aromatic heterocycles. The van der Waals surface area contributed by atoms with Crippen molar-refractivity contribution in [2.45, 2.75) is 46.1 Å². The molecule has 0 saturated heterocycles. The first-order valence-electron chi connectivity index (χ1n) is 9.50. The van der Waals surface area contributed by atoms with Gasteiger partial charge in [-0.15, -0.1) is 0 Å². The van der Waals surface area contributed by atoms with Crippen LogP contribution in [0.1, 0.15) is 45.0 Å². The average Bonchev–Trinajstić information content (AvgIpc) is 2.67. The van der Waals surface area contributed by atoms with E-state index >= 15 is 0 Å². The molecule has 3 rings (SSSR count). The molecule has 28 heavy (non-hydrogen) atoms. The number of aromatic nitrogens is 2. The molecule has 0 unspecified atom stereocenters. The highest BCUT2D eigenvalue weighted by atomic mass is 79.9. The lowest BCUT2D eigenvalue weighted by atomic mass is 10.2. The molecule has 0 bridgehead atoms. The number of nitrogens with zero attached hydrogens (tertiary/aromatic N) is 3. The number of hydrogen-bond acceptors (Lipinski definition) is 4. The first-order chi connectivity index (χ1) is 13.5. The van der Waals surface area contributed by atoms with Gasteiger partial charge in [0.1, 0.15) is 11.6 Å². The van der Waals surface area contributed by atoms with Crippen molar-refractivity contribution < 1.29 is 4.74 Å². The lowest BCUT2D eigenvalue weighted by Crippen LogP contribution is -2.22. The third-order valence-corrected chi connectivity index (χ3v) is 4.70. The van der Waals surface area contributed by atoms with Crippen LogP contribution in [0.2, 0.25) is 0 Å². The van der Waals surface area contributed by atoms with E-state index in [-0.39, 0.29) is 11.7 Å². The first-order valence-corrected chi connectivity index (χ1v) is 10.3. The van der Waals surface area contributed by atoms with Crippen molar-refractivity contribution in [1.29, 1.82) is 0 Å². The molecule has 0 aliphatic heterocycles. The predicted octanol–water partition coefficient (Wildman–Crippen LogP) is 5.17. The van der Waals surface area contributed by atoms with E-state index in [9.17, 15) is 4.79 Å². The van der Waals surface area contributed by atoms with Gasteiger partial charge in [0.15, 0.2) is 0 Å². The van der Waals surface area contributed by atoms with Crippen LogP contribution in [-0.4, -0.2) is 22.0 Å². The van der Waals surface area contributed by atoms with Crippen LogP contribution in [0.15, 0.2) is 56.8 Å². The first kappa shape index (κ1) is 20.3. The van der Waals surface area contributed by atoms with Crippen LogP contribution in [0.4, 0.5) is 0 Å². The molecule has 2 aromatic carbocycles. The maximum absolute atomic E-state index is 13.0. The topological polar surface area (TPSA) is 56.5 Å². The van der Waals surface area contributed by atoms with Gasteiger partial charge >= 0.3 is 0 Å². The van der Waals surface area contributed by atoms with Crippen molar-refractivity contribution in [3.05, 3.63) is 68.7 Å². The maximum Gasteiger partial charge on any atom is 0.282 e. The summed E-state index contributed by atoms with van der Waals surface area (Å²) >= 11 is 3.42. The zero-order valence-corrected chi connectivity index (χ0v) is 17.9. The summed E-state index contributed by atoms with van der Waals surface area (Å²) in [5, 5.41) is 5.01. The van der Waals surface area contributed by atoms with E-state index in [2.05, 4.69) is 32.9 Å². The lowest BCUT2D eigenvalue weighted by molar-refractivity contribution is 0.242. The molecule has 6 heteroatoms. The number of hydrogen-bond donors (Lipinski definition) is 0. The van der Waals surface area contributed by atoms with E-state index in [1.165, 1.54) is 4.68 Å². The normalized spacial score (nSPS) is 11.6. The third kappa shape index (κ3) is 4.87. The van der Waals surface area contributed by atoms with Gasteiger partial charge in [0, 0.05) is 10.9 Å². The zero-order chi connectivity index (χ0) is 20.1. The van der Waals surface area contributed by atoms with Crippen LogP contribution in [0.25, 0.3) is 10.9 Å². The highest BCUT2D eigenvalue weighted by Crippen LogP contribution is 2.17. The van der Waals surface area contributed by atoms with Gasteiger partial charge in [-0.05, 0) is 68.3 Å². The van der Waals surface area contributed by atoms with E-state index in [0.717, 1.165) is 28.6 Å². The van der Waals surface area contributed by atoms with Crippen LogP contribution < -0.4 is 10.3 Å². The summed E-state index contributed by atoms with van der Waals surface area (Å²) in [4.78, 5) is 17.7. The van der Waals surface area contributed by atoms with Gasteiger partial charge in [0.2, 0.25) is 0 Å². The minimum Gasteiger partial charge on any atom is -0.491 e. The SMILES string of the molecule is CCCCc1nc2ccc(Br)cc2c(=O)n1N=Cc1ccc(OC(C)C)cc1. The maximum atomic E-state index is 13.0. The summed E-state index contributed by atoms with van der Waals surface area (Å²) in [5.74, 6) is 1.49. The van der Waals surface area contributed by atoms with Crippen LogP contribution in [0.5, 0.6) is 5.75 Å². The monoisotopic (exact) mass is 441 g/mol. The van der Waals surface area contributed by atoms with E-state index in [0.29, 0.717) is 23.1 Å². The van der Waals surface area contributed by atoms with Crippen molar-refractivity contribution in [2.75, 3.05) is 0 Å². The highest BCUT2D eigenvalue weighted by molar-refractivity contribution is 9.10. The smallest absolute Gasteiger partial charge is 0.282 e. The zero-order valence-electron chi connectivity index (χ0n) is 16.4. The summed E-state index contributed by atoms with van der Waals surface area (Å²) in [6.07, 6.45) is 4.49.